The Labute approximate surface area is 239 Å². The first-order valence-corrected chi connectivity index (χ1v) is 13.6. The van der Waals surface area contributed by atoms with Crippen LogP contribution in [0.25, 0.3) is 10.8 Å². The molecule has 0 saturated heterocycles. The van der Waals surface area contributed by atoms with Crippen molar-refractivity contribution in [2.45, 2.75) is 17.8 Å². The maximum absolute atomic E-state index is 10.3. The Morgan fingerprint density at radius 2 is 0.927 bits per heavy atom. The number of benzene rings is 6. The molecule has 202 valence electrons. The Bertz CT molecular complexity index is 1720. The van der Waals surface area contributed by atoms with Gasteiger partial charge in [0.25, 0.3) is 0 Å². The van der Waals surface area contributed by atoms with Crippen LogP contribution in [0, 0.1) is 0 Å². The third-order valence-electron chi connectivity index (χ3n) is 8.05. The third-order valence-corrected chi connectivity index (χ3v) is 8.05. The highest BCUT2D eigenvalue weighted by molar-refractivity contribution is 5.88. The van der Waals surface area contributed by atoms with E-state index in [1.807, 2.05) is 60.7 Å². The summed E-state index contributed by atoms with van der Waals surface area (Å²) in [5.74, 6) is 0.513. The summed E-state index contributed by atoms with van der Waals surface area (Å²) in [6, 6.07) is 44.0. The second kappa shape index (κ2) is 10.7. The van der Waals surface area contributed by atoms with Crippen LogP contribution in [0.5, 0.6) is 23.0 Å². The van der Waals surface area contributed by atoms with E-state index in [0.717, 1.165) is 38.6 Å². The normalized spacial score (nSPS) is 12.3. The molecular formula is C37H30O4. The van der Waals surface area contributed by atoms with Crippen molar-refractivity contribution >= 4 is 10.8 Å². The minimum Gasteiger partial charge on any atom is -0.508 e. The molecule has 0 heterocycles. The van der Waals surface area contributed by atoms with Gasteiger partial charge in [-0.15, -0.1) is 0 Å². The summed E-state index contributed by atoms with van der Waals surface area (Å²) < 4.78 is 0. The largest absolute Gasteiger partial charge is 0.508 e. The van der Waals surface area contributed by atoms with E-state index >= 15 is 0 Å². The van der Waals surface area contributed by atoms with Gasteiger partial charge in [0.15, 0.2) is 0 Å². The molecule has 6 rings (SSSR count). The molecule has 0 fully saturated rings. The lowest BCUT2D eigenvalue weighted by Gasteiger charge is -2.44. The van der Waals surface area contributed by atoms with Gasteiger partial charge in [-0.3, -0.25) is 0 Å². The Morgan fingerprint density at radius 3 is 1.49 bits per heavy atom. The van der Waals surface area contributed by atoms with Crippen molar-refractivity contribution < 1.29 is 20.4 Å². The van der Waals surface area contributed by atoms with Crippen LogP contribution >= 0.6 is 0 Å². The third kappa shape index (κ3) is 4.85. The molecular weight excluding hydrogens is 508 g/mol. The van der Waals surface area contributed by atoms with Gasteiger partial charge in [0.1, 0.15) is 23.0 Å². The first-order chi connectivity index (χ1) is 19.9. The van der Waals surface area contributed by atoms with Crippen LogP contribution in [-0.2, 0) is 11.8 Å². The Hall–Kier alpha value is -5.22. The maximum Gasteiger partial charge on any atom is 0.115 e. The van der Waals surface area contributed by atoms with E-state index < -0.39 is 5.41 Å². The minimum atomic E-state index is -0.808. The lowest BCUT2D eigenvalue weighted by molar-refractivity contribution is 0.458. The average Bonchev–Trinajstić information content (AvgIpc) is 3.00. The van der Waals surface area contributed by atoms with Gasteiger partial charge in [-0.1, -0.05) is 91.0 Å². The fraction of sp³-hybridized carbons (Fsp3) is 0.0811. The fourth-order valence-corrected chi connectivity index (χ4v) is 6.18. The zero-order valence-corrected chi connectivity index (χ0v) is 22.4. The van der Waals surface area contributed by atoms with Gasteiger partial charge in [-0.05, 0) is 93.5 Å². The number of hydrogen-bond donors (Lipinski definition) is 4. The predicted octanol–water partition coefficient (Wildman–Crippen LogP) is 8.02. The molecule has 1 unspecified atom stereocenters. The lowest BCUT2D eigenvalue weighted by atomic mass is 9.58. The van der Waals surface area contributed by atoms with E-state index in [1.165, 1.54) is 0 Å². The molecule has 0 aliphatic heterocycles. The van der Waals surface area contributed by atoms with E-state index in [-0.39, 0.29) is 28.9 Å². The molecule has 4 N–H and O–H groups in total. The first-order valence-electron chi connectivity index (χ1n) is 13.6. The van der Waals surface area contributed by atoms with E-state index in [1.54, 1.807) is 48.5 Å². The zero-order chi connectivity index (χ0) is 28.4. The molecule has 0 saturated carbocycles. The molecule has 0 spiro atoms. The number of hydrogen-bond acceptors (Lipinski definition) is 4. The second-order valence-corrected chi connectivity index (χ2v) is 10.4. The predicted molar refractivity (Wildman–Crippen MR) is 163 cm³/mol. The monoisotopic (exact) mass is 538 g/mol. The summed E-state index contributed by atoms with van der Waals surface area (Å²) in [6.45, 7) is 0. The van der Waals surface area contributed by atoms with Crippen molar-refractivity contribution in [2.75, 3.05) is 0 Å². The average molecular weight is 539 g/mol. The lowest BCUT2D eigenvalue weighted by Crippen LogP contribution is -2.38. The van der Waals surface area contributed by atoms with Crippen molar-refractivity contribution in [3.8, 4) is 23.0 Å². The van der Waals surface area contributed by atoms with Crippen molar-refractivity contribution in [1.82, 2.24) is 0 Å². The van der Waals surface area contributed by atoms with Gasteiger partial charge in [0, 0.05) is 5.92 Å². The van der Waals surface area contributed by atoms with Crippen LogP contribution in [0.2, 0.25) is 0 Å². The molecule has 0 aromatic heterocycles. The smallest absolute Gasteiger partial charge is 0.115 e. The number of fused-ring (bicyclic) bond motifs is 1. The maximum atomic E-state index is 10.3. The van der Waals surface area contributed by atoms with Gasteiger partial charge in [-0.2, -0.15) is 0 Å². The SMILES string of the molecule is Oc1ccc(CC(c2ccc(O)cc2)C(c2ccc(O)cc2)(c2ccc(O)cc2)c2cccc3ccccc23)cc1. The summed E-state index contributed by atoms with van der Waals surface area (Å²) in [7, 11) is 0. The number of aromatic hydroxyl groups is 4. The van der Waals surface area contributed by atoms with Gasteiger partial charge in [0.05, 0.1) is 5.41 Å². The molecule has 6 aromatic carbocycles. The van der Waals surface area contributed by atoms with Gasteiger partial charge < -0.3 is 20.4 Å². The summed E-state index contributed by atoms with van der Waals surface area (Å²) in [6.07, 6.45) is 0.593. The topological polar surface area (TPSA) is 80.9 Å². The zero-order valence-electron chi connectivity index (χ0n) is 22.4. The van der Waals surface area contributed by atoms with Crippen LogP contribution in [0.4, 0.5) is 0 Å². The van der Waals surface area contributed by atoms with E-state index in [0.29, 0.717) is 6.42 Å². The van der Waals surface area contributed by atoms with Crippen LogP contribution in [0.3, 0.4) is 0 Å². The Balaban J connectivity index is 1.77. The van der Waals surface area contributed by atoms with Crippen LogP contribution in [0.1, 0.15) is 33.7 Å². The molecule has 0 bridgehead atoms. The molecule has 1 atom stereocenters. The van der Waals surface area contributed by atoms with E-state index in [2.05, 4.69) is 30.3 Å². The van der Waals surface area contributed by atoms with E-state index in [9.17, 15) is 20.4 Å². The Kier molecular flexibility index (Phi) is 6.82. The second-order valence-electron chi connectivity index (χ2n) is 10.4. The quantitative estimate of drug-likeness (QED) is 0.155. The number of rotatable bonds is 7. The van der Waals surface area contributed by atoms with Crippen LogP contribution < -0.4 is 0 Å². The minimum absolute atomic E-state index is 0.172. The molecule has 0 amide bonds. The molecule has 0 aliphatic rings. The van der Waals surface area contributed by atoms with Gasteiger partial charge in [-0.25, -0.2) is 0 Å². The van der Waals surface area contributed by atoms with Gasteiger partial charge >= 0.3 is 0 Å². The van der Waals surface area contributed by atoms with E-state index in [4.69, 9.17) is 0 Å². The molecule has 0 aliphatic carbocycles. The highest BCUT2D eigenvalue weighted by Gasteiger charge is 2.45. The van der Waals surface area contributed by atoms with Crippen LogP contribution in [0.15, 0.2) is 140 Å². The first kappa shape index (κ1) is 26.0. The van der Waals surface area contributed by atoms with Crippen LogP contribution in [-0.4, -0.2) is 20.4 Å². The van der Waals surface area contributed by atoms with Crippen molar-refractivity contribution in [2.24, 2.45) is 0 Å². The molecule has 41 heavy (non-hydrogen) atoms. The highest BCUT2D eigenvalue weighted by Crippen LogP contribution is 2.53. The van der Waals surface area contributed by atoms with Gasteiger partial charge in [0.2, 0.25) is 0 Å². The molecule has 4 heteroatoms. The Morgan fingerprint density at radius 1 is 0.463 bits per heavy atom. The van der Waals surface area contributed by atoms with Crippen molar-refractivity contribution in [1.29, 1.82) is 0 Å². The highest BCUT2D eigenvalue weighted by atomic mass is 16.3. The number of phenolic OH excluding ortho intramolecular Hbond substituents is 4. The summed E-state index contributed by atoms with van der Waals surface area (Å²) >= 11 is 0. The van der Waals surface area contributed by atoms with Crippen molar-refractivity contribution in [3.05, 3.63) is 167 Å². The standard InChI is InChI=1S/C37H30O4/c38-30-16-8-25(9-17-30)24-36(27-10-18-31(39)19-11-27)37(28-12-20-32(40)21-13-28,29-14-22-33(41)23-15-29)35-7-3-5-26-4-1-2-6-34(26)35/h1-23,36,38-41H,24H2. The summed E-state index contributed by atoms with van der Waals surface area (Å²) in [5, 5.41) is 43.1. The molecule has 0 radical (unpaired) electrons. The fourth-order valence-electron chi connectivity index (χ4n) is 6.18. The molecule has 6 aromatic rings. The summed E-state index contributed by atoms with van der Waals surface area (Å²) in [5.41, 5.74) is 4.23. The summed E-state index contributed by atoms with van der Waals surface area (Å²) in [4.78, 5) is 0. The molecule has 4 nitrogen and oxygen atoms in total. The van der Waals surface area contributed by atoms with Crippen molar-refractivity contribution in [3.63, 3.8) is 0 Å². The number of phenols is 4.